The first kappa shape index (κ1) is 12.1. The number of ketones is 1. The van der Waals surface area contributed by atoms with Crippen molar-refractivity contribution in [3.05, 3.63) is 51.4 Å². The third-order valence-electron chi connectivity index (χ3n) is 2.17. The molecule has 2 nitrogen and oxygen atoms in total. The smallest absolute Gasteiger partial charge is 0.191 e. The molecule has 0 spiro atoms. The van der Waals surface area contributed by atoms with Gasteiger partial charge in [0.1, 0.15) is 5.82 Å². The highest BCUT2D eigenvalue weighted by Gasteiger charge is 2.07. The summed E-state index contributed by atoms with van der Waals surface area (Å²) in [6.45, 7) is 0.169. The van der Waals surface area contributed by atoms with Crippen LogP contribution in [0.25, 0.3) is 0 Å². The number of hydrogen-bond acceptors (Lipinski definition) is 3. The highest BCUT2D eigenvalue weighted by Crippen LogP contribution is 2.19. The zero-order chi connectivity index (χ0) is 12.3. The molecule has 2 rings (SSSR count). The van der Waals surface area contributed by atoms with E-state index in [1.165, 1.54) is 23.5 Å². The van der Waals surface area contributed by atoms with Crippen molar-refractivity contribution in [2.24, 2.45) is 0 Å². The third-order valence-corrected chi connectivity index (χ3v) is 3.37. The summed E-state index contributed by atoms with van der Waals surface area (Å²) >= 11 is 7.03. The van der Waals surface area contributed by atoms with Gasteiger partial charge in [0.05, 0.1) is 16.4 Å². The van der Waals surface area contributed by atoms with Gasteiger partial charge in [-0.1, -0.05) is 17.7 Å². The van der Waals surface area contributed by atoms with Crippen molar-refractivity contribution in [2.75, 3.05) is 11.9 Å². The summed E-state index contributed by atoms with van der Waals surface area (Å²) in [4.78, 5) is 12.4. The monoisotopic (exact) mass is 269 g/mol. The van der Waals surface area contributed by atoms with E-state index in [4.69, 9.17) is 11.6 Å². The van der Waals surface area contributed by atoms with E-state index in [1.807, 2.05) is 11.4 Å². The van der Waals surface area contributed by atoms with Crippen LogP contribution in [-0.2, 0) is 0 Å². The fraction of sp³-hybridized carbons (Fsp3) is 0.0833. The largest absolute Gasteiger partial charge is 0.378 e. The molecule has 0 saturated carbocycles. The Kier molecular flexibility index (Phi) is 3.76. The lowest BCUT2D eigenvalue weighted by molar-refractivity contribution is 0.101. The summed E-state index contributed by atoms with van der Waals surface area (Å²) in [6.07, 6.45) is 0. The Morgan fingerprint density at radius 1 is 1.41 bits per heavy atom. The number of thiophene rings is 1. The maximum Gasteiger partial charge on any atom is 0.191 e. The van der Waals surface area contributed by atoms with Crippen molar-refractivity contribution in [3.63, 3.8) is 0 Å². The molecule has 0 aliphatic carbocycles. The van der Waals surface area contributed by atoms with Crippen molar-refractivity contribution in [3.8, 4) is 0 Å². The molecule has 0 bridgehead atoms. The Hall–Kier alpha value is -1.39. The van der Waals surface area contributed by atoms with Crippen LogP contribution in [0.15, 0.2) is 35.7 Å². The minimum Gasteiger partial charge on any atom is -0.378 e. The Bertz CT molecular complexity index is 527. The Labute approximate surface area is 107 Å². The highest BCUT2D eigenvalue weighted by atomic mass is 35.5. The standard InChI is InChI=1S/C12H9ClFNOS/c13-9-6-8(3-4-10(9)14)15-7-11(16)12-2-1-5-17-12/h1-6,15H,7H2. The summed E-state index contributed by atoms with van der Waals surface area (Å²) in [5, 5.41) is 4.80. The van der Waals surface area contributed by atoms with Gasteiger partial charge in [0.15, 0.2) is 5.78 Å². The lowest BCUT2D eigenvalue weighted by Gasteiger charge is -2.05. The summed E-state index contributed by atoms with van der Waals surface area (Å²) in [5.41, 5.74) is 0.626. The summed E-state index contributed by atoms with van der Waals surface area (Å²) in [6, 6.07) is 7.86. The number of nitrogens with one attached hydrogen (secondary N) is 1. The molecule has 0 radical (unpaired) electrons. The van der Waals surface area contributed by atoms with Crippen LogP contribution >= 0.6 is 22.9 Å². The number of hydrogen-bond donors (Lipinski definition) is 1. The average molecular weight is 270 g/mol. The fourth-order valence-electron chi connectivity index (χ4n) is 1.31. The van der Waals surface area contributed by atoms with Crippen LogP contribution in [0.3, 0.4) is 0 Å². The number of carbonyl (C=O) groups is 1. The van der Waals surface area contributed by atoms with Crippen molar-refractivity contribution in [2.45, 2.75) is 0 Å². The second kappa shape index (κ2) is 5.29. The number of rotatable bonds is 4. The predicted molar refractivity (Wildman–Crippen MR) is 68.5 cm³/mol. The van der Waals surface area contributed by atoms with Crippen LogP contribution in [0.4, 0.5) is 10.1 Å². The van der Waals surface area contributed by atoms with E-state index in [9.17, 15) is 9.18 Å². The van der Waals surface area contributed by atoms with Gasteiger partial charge in [-0.2, -0.15) is 0 Å². The van der Waals surface area contributed by atoms with Crippen LogP contribution in [0.2, 0.25) is 5.02 Å². The normalized spacial score (nSPS) is 10.2. The summed E-state index contributed by atoms with van der Waals surface area (Å²) < 4.78 is 12.9. The van der Waals surface area contributed by atoms with E-state index in [-0.39, 0.29) is 17.4 Å². The van der Waals surface area contributed by atoms with E-state index < -0.39 is 5.82 Å². The first-order valence-electron chi connectivity index (χ1n) is 4.92. The van der Waals surface area contributed by atoms with E-state index in [0.717, 1.165) is 0 Å². The van der Waals surface area contributed by atoms with Gasteiger partial charge in [-0.25, -0.2) is 4.39 Å². The molecule has 0 aliphatic heterocycles. The second-order valence-electron chi connectivity index (χ2n) is 3.38. The number of halogens is 2. The topological polar surface area (TPSA) is 29.1 Å². The van der Waals surface area contributed by atoms with E-state index >= 15 is 0 Å². The quantitative estimate of drug-likeness (QED) is 0.855. The molecule has 2 aromatic rings. The summed E-state index contributed by atoms with van der Waals surface area (Å²) in [7, 11) is 0. The van der Waals surface area contributed by atoms with Gasteiger partial charge in [-0.05, 0) is 29.6 Å². The summed E-state index contributed by atoms with van der Waals surface area (Å²) in [5.74, 6) is -0.470. The maximum absolute atomic E-state index is 12.9. The van der Waals surface area contributed by atoms with Crippen molar-refractivity contribution < 1.29 is 9.18 Å². The molecular weight excluding hydrogens is 261 g/mol. The van der Waals surface area contributed by atoms with Gasteiger partial charge in [0.25, 0.3) is 0 Å². The number of benzene rings is 1. The molecule has 0 amide bonds. The Morgan fingerprint density at radius 3 is 2.88 bits per heavy atom. The maximum atomic E-state index is 12.9. The zero-order valence-electron chi connectivity index (χ0n) is 8.74. The predicted octanol–water partition coefficient (Wildman–Crippen LogP) is 3.84. The van der Waals surface area contributed by atoms with Crippen LogP contribution < -0.4 is 5.32 Å². The molecule has 0 fully saturated rings. The number of Topliss-reactive ketones (excluding diaryl/α,β-unsaturated/α-hetero) is 1. The average Bonchev–Trinajstić information content (AvgIpc) is 2.84. The van der Waals surface area contributed by atoms with Gasteiger partial charge in [0, 0.05) is 5.69 Å². The molecular formula is C12H9ClFNOS. The molecule has 0 atom stereocenters. The first-order chi connectivity index (χ1) is 8.16. The van der Waals surface area contributed by atoms with Gasteiger partial charge in [-0.3, -0.25) is 4.79 Å². The zero-order valence-corrected chi connectivity index (χ0v) is 10.3. The first-order valence-corrected chi connectivity index (χ1v) is 6.18. The molecule has 1 N–H and O–H groups in total. The Balaban J connectivity index is 1.98. The van der Waals surface area contributed by atoms with E-state index in [1.54, 1.807) is 12.1 Å². The van der Waals surface area contributed by atoms with Crippen molar-refractivity contribution in [1.29, 1.82) is 0 Å². The lowest BCUT2D eigenvalue weighted by atomic mass is 10.3. The molecule has 17 heavy (non-hydrogen) atoms. The molecule has 1 heterocycles. The van der Waals surface area contributed by atoms with Crippen LogP contribution in [0.1, 0.15) is 9.67 Å². The van der Waals surface area contributed by atoms with Crippen molar-refractivity contribution in [1.82, 2.24) is 0 Å². The van der Waals surface area contributed by atoms with Crippen molar-refractivity contribution >= 4 is 34.4 Å². The molecule has 1 aromatic carbocycles. The molecule has 0 aliphatic rings. The molecule has 5 heteroatoms. The highest BCUT2D eigenvalue weighted by molar-refractivity contribution is 7.12. The molecule has 1 aromatic heterocycles. The second-order valence-corrected chi connectivity index (χ2v) is 4.74. The van der Waals surface area contributed by atoms with Crippen LogP contribution in [0.5, 0.6) is 0 Å². The van der Waals surface area contributed by atoms with Gasteiger partial charge >= 0.3 is 0 Å². The Morgan fingerprint density at radius 2 is 2.24 bits per heavy atom. The molecule has 0 saturated heterocycles. The third kappa shape index (κ3) is 3.05. The molecule has 0 unspecified atom stereocenters. The minimum absolute atomic E-state index is 0.000414. The number of anilines is 1. The molecule has 88 valence electrons. The van der Waals surface area contributed by atoms with Crippen LogP contribution in [0, 0.1) is 5.82 Å². The minimum atomic E-state index is -0.471. The van der Waals surface area contributed by atoms with Crippen LogP contribution in [-0.4, -0.2) is 12.3 Å². The van der Waals surface area contributed by atoms with E-state index in [2.05, 4.69) is 5.32 Å². The van der Waals surface area contributed by atoms with Gasteiger partial charge < -0.3 is 5.32 Å². The SMILES string of the molecule is O=C(CNc1ccc(F)c(Cl)c1)c1cccs1. The number of carbonyl (C=O) groups excluding carboxylic acids is 1. The fourth-order valence-corrected chi connectivity index (χ4v) is 2.16. The lowest BCUT2D eigenvalue weighted by Crippen LogP contribution is -2.12. The van der Waals surface area contributed by atoms with Gasteiger partial charge in [0.2, 0.25) is 0 Å². The van der Waals surface area contributed by atoms with E-state index in [0.29, 0.717) is 10.6 Å². The van der Waals surface area contributed by atoms with Gasteiger partial charge in [-0.15, -0.1) is 11.3 Å².